The number of carbonyl (C=O) groups excluding carboxylic acids is 2. The van der Waals surface area contributed by atoms with E-state index in [-0.39, 0.29) is 16.9 Å². The standard InChI is InChI=1S/C14H9BrClN3O3/c1-5-8(3-2-7(15)11(5)16)19-9(20)4-6-10(12(19)17)14(22)18-13(6)21/h2-4H,17H2,1H3,(H,18,21,22). The highest BCUT2D eigenvalue weighted by Gasteiger charge is 2.32. The normalized spacial score (nSPS) is 13.2. The summed E-state index contributed by atoms with van der Waals surface area (Å²) in [5, 5.41) is 2.56. The molecule has 0 spiro atoms. The molecule has 8 heteroatoms. The number of carbonyl (C=O) groups is 2. The van der Waals surface area contributed by atoms with Gasteiger partial charge in [-0.25, -0.2) is 0 Å². The number of nitrogens with two attached hydrogens (primary N) is 1. The molecule has 0 bridgehead atoms. The lowest BCUT2D eigenvalue weighted by molar-refractivity contribution is 0.0880. The first kappa shape index (κ1) is 14.8. The first-order valence-electron chi connectivity index (χ1n) is 6.19. The molecule has 3 N–H and O–H groups in total. The van der Waals surface area contributed by atoms with E-state index < -0.39 is 17.4 Å². The third-order valence-electron chi connectivity index (χ3n) is 3.50. The van der Waals surface area contributed by atoms with Gasteiger partial charge >= 0.3 is 0 Å². The summed E-state index contributed by atoms with van der Waals surface area (Å²) in [6.45, 7) is 1.73. The second-order valence-electron chi connectivity index (χ2n) is 4.78. The van der Waals surface area contributed by atoms with E-state index in [1.807, 2.05) is 0 Å². The SMILES string of the molecule is Cc1c(-n2c(N)c3c(cc2=O)C(=O)NC3=O)ccc(Br)c1Cl. The topological polar surface area (TPSA) is 94.2 Å². The number of halogens is 2. The van der Waals surface area contributed by atoms with Crippen LogP contribution in [0.1, 0.15) is 26.3 Å². The molecule has 112 valence electrons. The van der Waals surface area contributed by atoms with Gasteiger partial charge in [-0.15, -0.1) is 0 Å². The smallest absolute Gasteiger partial charge is 0.262 e. The number of imide groups is 1. The van der Waals surface area contributed by atoms with E-state index in [9.17, 15) is 14.4 Å². The lowest BCUT2D eigenvalue weighted by Gasteiger charge is -2.15. The molecule has 3 rings (SSSR count). The fourth-order valence-corrected chi connectivity index (χ4v) is 3.00. The number of benzene rings is 1. The van der Waals surface area contributed by atoms with Crippen LogP contribution >= 0.6 is 27.5 Å². The quantitative estimate of drug-likeness (QED) is 0.738. The predicted molar refractivity (Wildman–Crippen MR) is 85.7 cm³/mol. The molecule has 0 unspecified atom stereocenters. The minimum atomic E-state index is -0.624. The van der Waals surface area contributed by atoms with E-state index in [0.717, 1.165) is 6.07 Å². The first-order valence-corrected chi connectivity index (χ1v) is 7.36. The molecule has 2 amide bonds. The van der Waals surface area contributed by atoms with Gasteiger partial charge in [0, 0.05) is 10.5 Å². The number of pyridine rings is 1. The molecule has 0 saturated carbocycles. The molecule has 1 aliphatic heterocycles. The van der Waals surface area contributed by atoms with Crippen molar-refractivity contribution in [3.05, 3.63) is 54.7 Å². The van der Waals surface area contributed by atoms with Crippen LogP contribution in [0.2, 0.25) is 5.02 Å². The summed E-state index contributed by atoms with van der Waals surface area (Å²) in [6.07, 6.45) is 0. The molecule has 6 nitrogen and oxygen atoms in total. The third-order valence-corrected chi connectivity index (χ3v) is 4.88. The number of nitrogen functional groups attached to an aromatic ring is 1. The Morgan fingerprint density at radius 3 is 2.59 bits per heavy atom. The maximum Gasteiger partial charge on any atom is 0.262 e. The Balaban J connectivity index is 2.38. The Kier molecular flexibility index (Phi) is 3.34. The number of rotatable bonds is 1. The van der Waals surface area contributed by atoms with Crippen LogP contribution in [0.5, 0.6) is 0 Å². The number of fused-ring (bicyclic) bond motifs is 1. The van der Waals surface area contributed by atoms with E-state index in [1.54, 1.807) is 19.1 Å². The van der Waals surface area contributed by atoms with Gasteiger partial charge in [0.05, 0.1) is 21.8 Å². The van der Waals surface area contributed by atoms with Gasteiger partial charge in [-0.05, 0) is 40.5 Å². The molecule has 1 aliphatic rings. The number of nitrogens with one attached hydrogen (secondary N) is 1. The fourth-order valence-electron chi connectivity index (χ4n) is 2.41. The highest BCUT2D eigenvalue weighted by Crippen LogP contribution is 2.31. The summed E-state index contributed by atoms with van der Waals surface area (Å²) in [7, 11) is 0. The number of aromatic nitrogens is 1. The van der Waals surface area contributed by atoms with E-state index >= 15 is 0 Å². The Labute approximate surface area is 138 Å². The van der Waals surface area contributed by atoms with Crippen molar-refractivity contribution in [2.45, 2.75) is 6.92 Å². The van der Waals surface area contributed by atoms with E-state index in [2.05, 4.69) is 21.2 Å². The van der Waals surface area contributed by atoms with Crippen molar-refractivity contribution in [1.82, 2.24) is 9.88 Å². The molecule has 0 fully saturated rings. The van der Waals surface area contributed by atoms with Crippen LogP contribution in [0.15, 0.2) is 27.5 Å². The largest absolute Gasteiger partial charge is 0.384 e. The summed E-state index contributed by atoms with van der Waals surface area (Å²) in [5.74, 6) is -1.33. The van der Waals surface area contributed by atoms with Crippen molar-refractivity contribution in [2.24, 2.45) is 0 Å². The fraction of sp³-hybridized carbons (Fsp3) is 0.0714. The average molecular weight is 383 g/mol. The average Bonchev–Trinajstić information content (AvgIpc) is 2.73. The Morgan fingerprint density at radius 1 is 1.23 bits per heavy atom. The van der Waals surface area contributed by atoms with Gasteiger partial charge in [-0.3, -0.25) is 24.3 Å². The molecule has 1 aromatic carbocycles. The highest BCUT2D eigenvalue weighted by molar-refractivity contribution is 9.10. The number of anilines is 1. The minimum Gasteiger partial charge on any atom is -0.384 e. The molecule has 2 aromatic rings. The van der Waals surface area contributed by atoms with Gasteiger partial charge in [-0.2, -0.15) is 0 Å². The Bertz CT molecular complexity index is 921. The molecule has 0 aliphatic carbocycles. The van der Waals surface area contributed by atoms with Crippen molar-refractivity contribution >= 4 is 45.2 Å². The van der Waals surface area contributed by atoms with Crippen molar-refractivity contribution in [3.63, 3.8) is 0 Å². The second kappa shape index (κ2) is 4.96. The molecule has 0 atom stereocenters. The predicted octanol–water partition coefficient (Wildman–Crippen LogP) is 2.03. The van der Waals surface area contributed by atoms with Crippen molar-refractivity contribution in [2.75, 3.05) is 5.73 Å². The van der Waals surface area contributed by atoms with Gasteiger partial charge in [0.1, 0.15) is 5.82 Å². The summed E-state index contributed by atoms with van der Waals surface area (Å²) >= 11 is 9.47. The van der Waals surface area contributed by atoms with E-state index in [4.69, 9.17) is 17.3 Å². The van der Waals surface area contributed by atoms with E-state index in [1.165, 1.54) is 4.57 Å². The van der Waals surface area contributed by atoms with E-state index in [0.29, 0.717) is 20.7 Å². The van der Waals surface area contributed by atoms with Crippen LogP contribution in [0, 0.1) is 6.92 Å². The monoisotopic (exact) mass is 381 g/mol. The van der Waals surface area contributed by atoms with Crippen molar-refractivity contribution < 1.29 is 9.59 Å². The highest BCUT2D eigenvalue weighted by atomic mass is 79.9. The van der Waals surface area contributed by atoms with Crippen molar-refractivity contribution in [1.29, 1.82) is 0 Å². The zero-order valence-corrected chi connectivity index (χ0v) is 13.6. The van der Waals surface area contributed by atoms with Gasteiger partial charge in [0.25, 0.3) is 17.4 Å². The maximum atomic E-state index is 12.3. The number of nitrogens with zero attached hydrogens (tertiary/aromatic N) is 1. The first-order chi connectivity index (χ1) is 10.3. The number of hydrogen-bond acceptors (Lipinski definition) is 4. The molecular formula is C14H9BrClN3O3. The number of hydrogen-bond donors (Lipinski definition) is 2. The maximum absolute atomic E-state index is 12.3. The van der Waals surface area contributed by atoms with Crippen LogP contribution in [0.4, 0.5) is 5.82 Å². The molecule has 1 aromatic heterocycles. The van der Waals surface area contributed by atoms with Crippen LogP contribution < -0.4 is 16.6 Å². The Morgan fingerprint density at radius 2 is 1.91 bits per heavy atom. The summed E-state index contributed by atoms with van der Waals surface area (Å²) in [4.78, 5) is 35.8. The van der Waals surface area contributed by atoms with Gasteiger partial charge in [-0.1, -0.05) is 11.6 Å². The molecule has 2 heterocycles. The number of amides is 2. The van der Waals surface area contributed by atoms with Crippen LogP contribution in [-0.4, -0.2) is 16.4 Å². The van der Waals surface area contributed by atoms with Crippen molar-refractivity contribution in [3.8, 4) is 5.69 Å². The lowest BCUT2D eigenvalue weighted by Crippen LogP contribution is -2.24. The molecular weight excluding hydrogens is 374 g/mol. The van der Waals surface area contributed by atoms with Crippen LogP contribution in [0.3, 0.4) is 0 Å². The summed E-state index contributed by atoms with van der Waals surface area (Å²) < 4.78 is 1.85. The second-order valence-corrected chi connectivity index (χ2v) is 6.01. The summed E-state index contributed by atoms with van der Waals surface area (Å²) in [6, 6.07) is 4.43. The van der Waals surface area contributed by atoms with Gasteiger partial charge in [0.2, 0.25) is 0 Å². The van der Waals surface area contributed by atoms with Crippen LogP contribution in [-0.2, 0) is 0 Å². The Hall–Kier alpha value is -2.12. The zero-order chi connectivity index (χ0) is 16.2. The third kappa shape index (κ3) is 1.97. The van der Waals surface area contributed by atoms with Gasteiger partial charge in [0.15, 0.2) is 0 Å². The molecule has 22 heavy (non-hydrogen) atoms. The summed E-state index contributed by atoms with van der Waals surface area (Å²) in [5.41, 5.74) is 6.52. The zero-order valence-electron chi connectivity index (χ0n) is 11.2. The lowest BCUT2D eigenvalue weighted by atomic mass is 10.1. The van der Waals surface area contributed by atoms with Crippen LogP contribution in [0.25, 0.3) is 5.69 Å². The molecule has 0 saturated heterocycles. The minimum absolute atomic E-state index is 0.00282. The van der Waals surface area contributed by atoms with Gasteiger partial charge < -0.3 is 5.73 Å². The molecule has 0 radical (unpaired) electrons.